The van der Waals surface area contributed by atoms with Crippen molar-refractivity contribution >= 4 is 21.8 Å². The minimum atomic E-state index is -1.01. The highest BCUT2D eigenvalue weighted by Gasteiger charge is 2.27. The minimum Gasteiger partial charge on any atom is -0.503 e. The van der Waals surface area contributed by atoms with Crippen LogP contribution in [0.5, 0.6) is 28.7 Å². The van der Waals surface area contributed by atoms with Crippen LogP contribution in [-0.2, 0) is 0 Å². The highest BCUT2D eigenvalue weighted by Crippen LogP contribution is 2.54. The van der Waals surface area contributed by atoms with Gasteiger partial charge >= 0.3 is 0 Å². The van der Waals surface area contributed by atoms with E-state index < -0.39 is 28.7 Å². The molecule has 0 amide bonds. The number of para-hydroxylation sites is 1. The molecule has 8 aromatic rings. The molecule has 0 aliphatic heterocycles. The lowest BCUT2D eigenvalue weighted by molar-refractivity contribution is 0.327. The molecule has 0 aliphatic carbocycles. The smallest absolute Gasteiger partial charge is 0.208 e. The topological polar surface area (TPSA) is 111 Å². The molecule has 7 heteroatoms. The van der Waals surface area contributed by atoms with Gasteiger partial charge in [-0.25, -0.2) is 0 Å². The molecule has 7 nitrogen and oxygen atoms in total. The average Bonchev–Trinajstić information content (AvgIpc) is 3.69. The Balaban J connectivity index is 1.38. The molecule has 0 saturated heterocycles. The third kappa shape index (κ3) is 4.44. The Kier molecular flexibility index (Phi) is 6.40. The fourth-order valence-corrected chi connectivity index (χ4v) is 6.38. The van der Waals surface area contributed by atoms with Gasteiger partial charge in [-0.2, -0.15) is 0 Å². The summed E-state index contributed by atoms with van der Waals surface area (Å²) in [5, 5.41) is 55.0. The van der Waals surface area contributed by atoms with Crippen molar-refractivity contribution < 1.29 is 25.5 Å². The van der Waals surface area contributed by atoms with Crippen LogP contribution in [0.3, 0.4) is 0 Å². The molecule has 8 rings (SSSR count). The maximum absolute atomic E-state index is 11.0. The number of aromatic nitrogens is 2. The monoisotopic (exact) mass is 616 g/mol. The van der Waals surface area contributed by atoms with Crippen LogP contribution in [0.25, 0.3) is 66.8 Å². The summed E-state index contributed by atoms with van der Waals surface area (Å²) in [5.41, 5.74) is 7.73. The van der Waals surface area contributed by atoms with Gasteiger partial charge in [0.05, 0.1) is 22.4 Å². The first kappa shape index (κ1) is 27.9. The van der Waals surface area contributed by atoms with Crippen LogP contribution in [0.15, 0.2) is 140 Å². The lowest BCUT2D eigenvalue weighted by atomic mass is 10.0. The van der Waals surface area contributed by atoms with Crippen molar-refractivity contribution in [3.8, 4) is 73.8 Å². The van der Waals surface area contributed by atoms with E-state index in [2.05, 4.69) is 53.1 Å². The molecule has 2 aromatic heterocycles. The van der Waals surface area contributed by atoms with Gasteiger partial charge in [-0.15, -0.1) is 0 Å². The fraction of sp³-hybridized carbons (Fsp3) is 0. The molecular formula is C40H28N2O5. The third-order valence-corrected chi connectivity index (χ3v) is 8.67. The van der Waals surface area contributed by atoms with E-state index in [0.717, 1.165) is 49.9 Å². The summed E-state index contributed by atoms with van der Waals surface area (Å²) in [6, 6.07) is 46.2. The molecule has 228 valence electrons. The highest BCUT2D eigenvalue weighted by molar-refractivity contribution is 5.96. The second-order valence-corrected chi connectivity index (χ2v) is 11.4. The van der Waals surface area contributed by atoms with Crippen LogP contribution in [0, 0.1) is 0 Å². The van der Waals surface area contributed by atoms with Crippen molar-refractivity contribution in [1.29, 1.82) is 0 Å². The molecule has 0 radical (unpaired) electrons. The van der Waals surface area contributed by atoms with Crippen LogP contribution in [-0.4, -0.2) is 34.7 Å². The molecule has 0 bridgehead atoms. The molecular weight excluding hydrogens is 588 g/mol. The standard InChI is InChI=1S/C40H28N2O5/c43-36-35(37(44)39(46)40(47)38(36)45)42-32(25-12-6-2-7-13-25)23-29-19-17-27(21-34(29)42)26-16-18-28-22-31(24-10-4-1-5-11-24)41(33(28)20-26)30-14-8-3-9-15-30/h1-23,43-47H. The lowest BCUT2D eigenvalue weighted by Crippen LogP contribution is -1.99. The Morgan fingerprint density at radius 2 is 0.745 bits per heavy atom. The van der Waals surface area contributed by atoms with E-state index in [0.29, 0.717) is 11.2 Å². The predicted molar refractivity (Wildman–Crippen MR) is 185 cm³/mol. The maximum atomic E-state index is 11.0. The van der Waals surface area contributed by atoms with Gasteiger partial charge in [0.2, 0.25) is 17.2 Å². The van der Waals surface area contributed by atoms with Gasteiger partial charge in [0.1, 0.15) is 5.69 Å². The van der Waals surface area contributed by atoms with Crippen molar-refractivity contribution in [1.82, 2.24) is 9.13 Å². The average molecular weight is 617 g/mol. The van der Waals surface area contributed by atoms with Crippen molar-refractivity contribution in [2.24, 2.45) is 0 Å². The number of fused-ring (bicyclic) bond motifs is 2. The van der Waals surface area contributed by atoms with Gasteiger partial charge in [-0.1, -0.05) is 103 Å². The molecule has 47 heavy (non-hydrogen) atoms. The van der Waals surface area contributed by atoms with Crippen molar-refractivity contribution in [2.45, 2.75) is 0 Å². The van der Waals surface area contributed by atoms with Gasteiger partial charge in [0.15, 0.2) is 11.5 Å². The number of aromatic hydroxyl groups is 5. The number of hydrogen-bond acceptors (Lipinski definition) is 5. The van der Waals surface area contributed by atoms with Gasteiger partial charge in [0.25, 0.3) is 0 Å². The largest absolute Gasteiger partial charge is 0.503 e. The summed E-state index contributed by atoms with van der Waals surface area (Å²) in [6.45, 7) is 0. The SMILES string of the molecule is Oc1c(O)c(O)c(-n2c(-c3ccccc3)cc3ccc(-c4ccc5cc(-c6ccccc6)n(-c6ccccc6)c5c4)cc32)c(O)c1O. The Hall–Kier alpha value is -6.60. The first-order valence-electron chi connectivity index (χ1n) is 15.1. The van der Waals surface area contributed by atoms with E-state index in [1.807, 2.05) is 91.0 Å². The molecule has 0 atom stereocenters. The van der Waals surface area contributed by atoms with Crippen LogP contribution in [0.2, 0.25) is 0 Å². The van der Waals surface area contributed by atoms with E-state index in [9.17, 15) is 25.5 Å². The summed E-state index contributed by atoms with van der Waals surface area (Å²) in [5.74, 6) is -4.42. The normalized spacial score (nSPS) is 11.4. The Bertz CT molecular complexity index is 2420. The molecule has 0 fully saturated rings. The number of phenolic OH excluding ortho intramolecular Hbond substituents is 5. The van der Waals surface area contributed by atoms with Crippen LogP contribution in [0.4, 0.5) is 0 Å². The van der Waals surface area contributed by atoms with Gasteiger partial charge in [0, 0.05) is 16.5 Å². The second kappa shape index (κ2) is 10.8. The fourth-order valence-electron chi connectivity index (χ4n) is 6.38. The zero-order valence-corrected chi connectivity index (χ0v) is 24.9. The van der Waals surface area contributed by atoms with Crippen LogP contribution < -0.4 is 0 Å². The number of hydrogen-bond donors (Lipinski definition) is 5. The molecule has 0 unspecified atom stereocenters. The summed E-state index contributed by atoms with van der Waals surface area (Å²) < 4.78 is 3.83. The third-order valence-electron chi connectivity index (χ3n) is 8.67. The van der Waals surface area contributed by atoms with Gasteiger partial charge in [-0.3, -0.25) is 0 Å². The lowest BCUT2D eigenvalue weighted by Gasteiger charge is -2.17. The van der Waals surface area contributed by atoms with E-state index >= 15 is 0 Å². The molecule has 5 N–H and O–H groups in total. The van der Waals surface area contributed by atoms with E-state index in [1.165, 1.54) is 0 Å². The number of rotatable bonds is 5. The van der Waals surface area contributed by atoms with Crippen LogP contribution in [0.1, 0.15) is 0 Å². The number of benzene rings is 6. The molecule has 6 aromatic carbocycles. The predicted octanol–water partition coefficient (Wildman–Crippen LogP) is 9.10. The highest BCUT2D eigenvalue weighted by atomic mass is 16.4. The van der Waals surface area contributed by atoms with E-state index in [4.69, 9.17) is 0 Å². The number of phenols is 5. The van der Waals surface area contributed by atoms with Crippen molar-refractivity contribution in [3.05, 3.63) is 140 Å². The van der Waals surface area contributed by atoms with Crippen molar-refractivity contribution in [2.75, 3.05) is 0 Å². The molecule has 2 heterocycles. The Morgan fingerprint density at radius 3 is 1.23 bits per heavy atom. The summed E-state index contributed by atoms with van der Waals surface area (Å²) >= 11 is 0. The van der Waals surface area contributed by atoms with Crippen LogP contribution >= 0.6 is 0 Å². The van der Waals surface area contributed by atoms with Gasteiger partial charge < -0.3 is 34.7 Å². The summed E-state index contributed by atoms with van der Waals surface area (Å²) in [7, 11) is 0. The Labute approximate surface area is 269 Å². The molecule has 0 spiro atoms. The quantitative estimate of drug-likeness (QED) is 0.0979. The minimum absolute atomic E-state index is 0.260. The van der Waals surface area contributed by atoms with E-state index in [-0.39, 0.29) is 5.69 Å². The number of nitrogens with zero attached hydrogens (tertiary/aromatic N) is 2. The van der Waals surface area contributed by atoms with E-state index in [1.54, 1.807) is 4.57 Å². The second-order valence-electron chi connectivity index (χ2n) is 11.4. The zero-order chi connectivity index (χ0) is 32.2. The summed E-state index contributed by atoms with van der Waals surface area (Å²) in [6.07, 6.45) is 0. The Morgan fingerprint density at radius 1 is 0.340 bits per heavy atom. The summed E-state index contributed by atoms with van der Waals surface area (Å²) in [4.78, 5) is 0. The molecule has 0 aliphatic rings. The maximum Gasteiger partial charge on any atom is 0.208 e. The van der Waals surface area contributed by atoms with Crippen molar-refractivity contribution in [3.63, 3.8) is 0 Å². The first-order chi connectivity index (χ1) is 22.9. The zero-order valence-electron chi connectivity index (χ0n) is 24.9. The first-order valence-corrected chi connectivity index (χ1v) is 15.1. The van der Waals surface area contributed by atoms with Gasteiger partial charge in [-0.05, 0) is 58.7 Å². The molecule has 0 saturated carbocycles.